The molecule has 2 rings (SSSR count). The van der Waals surface area contributed by atoms with E-state index in [1.807, 2.05) is 23.6 Å². The first-order valence-corrected chi connectivity index (χ1v) is 8.22. The van der Waals surface area contributed by atoms with Crippen molar-refractivity contribution >= 4 is 50.7 Å². The SMILES string of the molecule is CC(C)c1cc(C(=O)N/N=C\c2ccc(Br)s2)cs1. The normalized spacial score (nSPS) is 11.4. The Morgan fingerprint density at radius 2 is 2.26 bits per heavy atom. The maximum absolute atomic E-state index is 11.9. The zero-order valence-corrected chi connectivity index (χ0v) is 13.7. The van der Waals surface area contributed by atoms with Crippen molar-refractivity contribution in [2.75, 3.05) is 0 Å². The van der Waals surface area contributed by atoms with Crippen molar-refractivity contribution in [2.24, 2.45) is 5.10 Å². The Kier molecular flexibility index (Phi) is 4.90. The molecular weight excluding hydrogens is 344 g/mol. The molecule has 0 fully saturated rings. The molecular formula is C13H13BrN2OS2. The molecule has 6 heteroatoms. The van der Waals surface area contributed by atoms with E-state index < -0.39 is 0 Å². The highest BCUT2D eigenvalue weighted by Crippen LogP contribution is 2.23. The Balaban J connectivity index is 1.95. The van der Waals surface area contributed by atoms with Gasteiger partial charge in [-0.15, -0.1) is 22.7 Å². The van der Waals surface area contributed by atoms with Gasteiger partial charge in [0.1, 0.15) is 0 Å². The van der Waals surface area contributed by atoms with Crippen LogP contribution in [0, 0.1) is 0 Å². The van der Waals surface area contributed by atoms with Crippen LogP contribution in [-0.4, -0.2) is 12.1 Å². The van der Waals surface area contributed by atoms with Gasteiger partial charge in [-0.3, -0.25) is 4.79 Å². The van der Waals surface area contributed by atoms with E-state index in [4.69, 9.17) is 0 Å². The molecule has 0 spiro atoms. The summed E-state index contributed by atoms with van der Waals surface area (Å²) >= 11 is 6.54. The van der Waals surface area contributed by atoms with Gasteiger partial charge in [-0.1, -0.05) is 13.8 Å². The van der Waals surface area contributed by atoms with Crippen LogP contribution in [0.1, 0.15) is 39.9 Å². The summed E-state index contributed by atoms with van der Waals surface area (Å²) in [5.41, 5.74) is 3.20. The van der Waals surface area contributed by atoms with Gasteiger partial charge in [0.25, 0.3) is 5.91 Å². The molecule has 0 aliphatic rings. The Bertz CT molecular complexity index is 601. The number of halogens is 1. The highest BCUT2D eigenvalue weighted by Gasteiger charge is 2.09. The summed E-state index contributed by atoms with van der Waals surface area (Å²) in [4.78, 5) is 14.0. The molecule has 0 aromatic carbocycles. The van der Waals surface area contributed by atoms with Gasteiger partial charge in [-0.2, -0.15) is 5.10 Å². The van der Waals surface area contributed by atoms with Crippen molar-refractivity contribution in [3.05, 3.63) is 42.7 Å². The van der Waals surface area contributed by atoms with E-state index in [0.29, 0.717) is 11.5 Å². The lowest BCUT2D eigenvalue weighted by Crippen LogP contribution is -2.16. The minimum atomic E-state index is -0.171. The van der Waals surface area contributed by atoms with Gasteiger partial charge in [-0.05, 0) is 40.0 Å². The van der Waals surface area contributed by atoms with Crippen LogP contribution in [0.25, 0.3) is 0 Å². The van der Waals surface area contributed by atoms with E-state index in [9.17, 15) is 4.79 Å². The van der Waals surface area contributed by atoms with Gasteiger partial charge in [0.15, 0.2) is 0 Å². The highest BCUT2D eigenvalue weighted by molar-refractivity contribution is 9.11. The van der Waals surface area contributed by atoms with E-state index in [1.54, 1.807) is 28.9 Å². The number of amides is 1. The van der Waals surface area contributed by atoms with Crippen LogP contribution in [0.3, 0.4) is 0 Å². The average molecular weight is 357 g/mol. The number of hydrazone groups is 1. The number of hydrogen-bond acceptors (Lipinski definition) is 4. The van der Waals surface area contributed by atoms with Crippen LogP contribution in [0.4, 0.5) is 0 Å². The Morgan fingerprint density at radius 3 is 2.84 bits per heavy atom. The third kappa shape index (κ3) is 3.99. The molecule has 2 heterocycles. The molecule has 0 atom stereocenters. The van der Waals surface area contributed by atoms with Gasteiger partial charge in [-0.25, -0.2) is 5.43 Å². The molecule has 2 aromatic heterocycles. The van der Waals surface area contributed by atoms with Crippen molar-refractivity contribution < 1.29 is 4.79 Å². The Labute approximate surface area is 128 Å². The fraction of sp³-hybridized carbons (Fsp3) is 0.231. The summed E-state index contributed by atoms with van der Waals surface area (Å²) in [6.45, 7) is 4.22. The lowest BCUT2D eigenvalue weighted by molar-refractivity contribution is 0.0955. The lowest BCUT2D eigenvalue weighted by Gasteiger charge is -1.97. The molecule has 0 radical (unpaired) electrons. The van der Waals surface area contributed by atoms with E-state index in [0.717, 1.165) is 8.66 Å². The molecule has 0 unspecified atom stereocenters. The standard InChI is InChI=1S/C13H13BrN2OS2/c1-8(2)11-5-9(7-18-11)13(17)16-15-6-10-3-4-12(14)19-10/h3-8H,1-2H3,(H,16,17)/b15-6-. The molecule has 0 saturated heterocycles. The van der Waals surface area contributed by atoms with E-state index in [-0.39, 0.29) is 5.91 Å². The van der Waals surface area contributed by atoms with Gasteiger partial charge < -0.3 is 0 Å². The van der Waals surface area contributed by atoms with E-state index in [2.05, 4.69) is 40.3 Å². The second-order valence-electron chi connectivity index (χ2n) is 4.23. The predicted molar refractivity (Wildman–Crippen MR) is 85.5 cm³/mol. The number of rotatable bonds is 4. The van der Waals surface area contributed by atoms with Crippen LogP contribution >= 0.6 is 38.6 Å². The largest absolute Gasteiger partial charge is 0.272 e. The minimum absolute atomic E-state index is 0.171. The molecule has 19 heavy (non-hydrogen) atoms. The fourth-order valence-electron chi connectivity index (χ4n) is 1.39. The maximum Gasteiger partial charge on any atom is 0.272 e. The first kappa shape index (κ1) is 14.4. The highest BCUT2D eigenvalue weighted by atomic mass is 79.9. The first-order chi connectivity index (χ1) is 9.06. The van der Waals surface area contributed by atoms with Crippen LogP contribution in [0.15, 0.2) is 32.5 Å². The van der Waals surface area contributed by atoms with Gasteiger partial charge >= 0.3 is 0 Å². The smallest absolute Gasteiger partial charge is 0.267 e. The minimum Gasteiger partial charge on any atom is -0.267 e. The number of carbonyl (C=O) groups is 1. The number of thiophene rings is 2. The molecule has 100 valence electrons. The number of carbonyl (C=O) groups excluding carboxylic acids is 1. The van der Waals surface area contributed by atoms with Crippen molar-refractivity contribution in [1.29, 1.82) is 0 Å². The molecule has 3 nitrogen and oxygen atoms in total. The molecule has 1 N–H and O–H groups in total. The van der Waals surface area contributed by atoms with E-state index >= 15 is 0 Å². The molecule has 0 bridgehead atoms. The molecule has 2 aromatic rings. The number of nitrogens with zero attached hydrogens (tertiary/aromatic N) is 1. The first-order valence-electron chi connectivity index (χ1n) is 5.73. The summed E-state index contributed by atoms with van der Waals surface area (Å²) in [5, 5.41) is 5.82. The molecule has 0 aliphatic carbocycles. The molecule has 1 amide bonds. The third-order valence-electron chi connectivity index (χ3n) is 2.40. The zero-order chi connectivity index (χ0) is 13.8. The summed E-state index contributed by atoms with van der Waals surface area (Å²) in [6.07, 6.45) is 1.64. The topological polar surface area (TPSA) is 41.5 Å². The Hall–Kier alpha value is -0.980. The van der Waals surface area contributed by atoms with Gasteiger partial charge in [0.05, 0.1) is 15.6 Å². The van der Waals surface area contributed by atoms with E-state index in [1.165, 1.54) is 4.88 Å². The van der Waals surface area contributed by atoms with Gasteiger partial charge in [0.2, 0.25) is 0 Å². The summed E-state index contributed by atoms with van der Waals surface area (Å²) in [6, 6.07) is 5.80. The summed E-state index contributed by atoms with van der Waals surface area (Å²) in [7, 11) is 0. The second kappa shape index (κ2) is 6.45. The van der Waals surface area contributed by atoms with Crippen molar-refractivity contribution in [3.8, 4) is 0 Å². The second-order valence-corrected chi connectivity index (χ2v) is 7.67. The van der Waals surface area contributed by atoms with Gasteiger partial charge in [0, 0.05) is 15.1 Å². The Morgan fingerprint density at radius 1 is 1.47 bits per heavy atom. The van der Waals surface area contributed by atoms with Crippen LogP contribution in [0.5, 0.6) is 0 Å². The quantitative estimate of drug-likeness (QED) is 0.637. The monoisotopic (exact) mass is 356 g/mol. The number of nitrogens with one attached hydrogen (secondary N) is 1. The number of hydrogen-bond donors (Lipinski definition) is 1. The van der Waals surface area contributed by atoms with Crippen molar-refractivity contribution in [1.82, 2.24) is 5.43 Å². The maximum atomic E-state index is 11.9. The third-order valence-corrected chi connectivity index (χ3v) is 5.19. The fourth-order valence-corrected chi connectivity index (χ4v) is 3.59. The average Bonchev–Trinajstić information content (AvgIpc) is 2.98. The molecule has 0 aliphatic heterocycles. The van der Waals surface area contributed by atoms with Crippen LogP contribution in [0.2, 0.25) is 0 Å². The summed E-state index contributed by atoms with van der Waals surface area (Å²) < 4.78 is 1.04. The van der Waals surface area contributed by atoms with Crippen LogP contribution in [-0.2, 0) is 0 Å². The van der Waals surface area contributed by atoms with Crippen molar-refractivity contribution in [3.63, 3.8) is 0 Å². The van der Waals surface area contributed by atoms with Crippen LogP contribution < -0.4 is 5.43 Å². The van der Waals surface area contributed by atoms with Crippen molar-refractivity contribution in [2.45, 2.75) is 19.8 Å². The summed E-state index contributed by atoms with van der Waals surface area (Å²) in [5.74, 6) is 0.272. The molecule has 0 saturated carbocycles. The zero-order valence-electron chi connectivity index (χ0n) is 10.5. The lowest BCUT2D eigenvalue weighted by atomic mass is 10.1. The predicted octanol–water partition coefficient (Wildman–Crippen LogP) is 4.46.